The van der Waals surface area contributed by atoms with Gasteiger partial charge in [0.05, 0.1) is 25.9 Å². The number of amides is 1. The number of fused-ring (bicyclic) bond motifs is 1. The molecule has 186 valence electrons. The van der Waals surface area contributed by atoms with Crippen LogP contribution >= 0.6 is 0 Å². The molecule has 0 aromatic heterocycles. The summed E-state index contributed by atoms with van der Waals surface area (Å²) in [5, 5.41) is 12.5. The van der Waals surface area contributed by atoms with E-state index in [-0.39, 0.29) is 36.3 Å². The second kappa shape index (κ2) is 10.8. The molecule has 1 amide bonds. The summed E-state index contributed by atoms with van der Waals surface area (Å²) in [4.78, 5) is 14.5. The van der Waals surface area contributed by atoms with Crippen molar-refractivity contribution in [3.63, 3.8) is 0 Å². The minimum absolute atomic E-state index is 0.00392. The number of phenols is 1. The zero-order valence-electron chi connectivity index (χ0n) is 20.7. The van der Waals surface area contributed by atoms with E-state index in [4.69, 9.17) is 9.47 Å². The number of benzene rings is 3. The van der Waals surface area contributed by atoms with Gasteiger partial charge in [-0.2, -0.15) is 0 Å². The Morgan fingerprint density at radius 1 is 1.09 bits per heavy atom. The Hall–Kier alpha value is -2.90. The fourth-order valence-electron chi connectivity index (χ4n) is 4.49. The first-order valence-corrected chi connectivity index (χ1v) is 15.9. The molecule has 0 bridgehead atoms. The lowest BCUT2D eigenvalue weighted by Gasteiger charge is -2.38. The van der Waals surface area contributed by atoms with Crippen LogP contribution in [0.5, 0.6) is 5.75 Å². The normalized spacial score (nSPS) is 18.6. The average Bonchev–Trinajstić information content (AvgIpc) is 2.83. The Morgan fingerprint density at radius 2 is 1.83 bits per heavy atom. The van der Waals surface area contributed by atoms with Gasteiger partial charge in [-0.15, -0.1) is 0 Å². The number of piperidine rings is 1. The van der Waals surface area contributed by atoms with E-state index in [0.29, 0.717) is 31.7 Å². The van der Waals surface area contributed by atoms with E-state index >= 15 is 0 Å². The number of phenolic OH excluding ortho intramolecular Hbond substituents is 1. The third-order valence-corrected chi connectivity index (χ3v) is 8.33. The molecule has 0 radical (unpaired) electrons. The van der Waals surface area contributed by atoms with Crippen LogP contribution in [0, 0.1) is 5.82 Å². The highest BCUT2D eigenvalue weighted by Gasteiger charge is 2.34. The quantitative estimate of drug-likeness (QED) is 0.379. The number of likely N-dealkylation sites (tertiary alicyclic amines) is 1. The fraction of sp³-hybridized carbons (Fsp3) is 0.393. The first-order valence-electron chi connectivity index (χ1n) is 12.2. The number of hydrogen-bond donors (Lipinski definition) is 1. The zero-order chi connectivity index (χ0) is 25.0. The molecule has 1 N–H and O–H groups in total. The predicted octanol–water partition coefficient (Wildman–Crippen LogP) is 6.53. The topological polar surface area (TPSA) is 59.0 Å². The summed E-state index contributed by atoms with van der Waals surface area (Å²) in [5.74, 6) is -0.0696. The van der Waals surface area contributed by atoms with Crippen molar-refractivity contribution in [2.75, 3.05) is 19.7 Å². The van der Waals surface area contributed by atoms with Gasteiger partial charge in [0.25, 0.3) is 0 Å². The molecule has 1 aliphatic rings. The monoisotopic (exact) mass is 495 g/mol. The molecule has 4 rings (SSSR count). The maximum absolute atomic E-state index is 13.5. The molecule has 2 atom stereocenters. The van der Waals surface area contributed by atoms with Crippen LogP contribution in [0.3, 0.4) is 0 Å². The Labute approximate surface area is 207 Å². The highest BCUT2D eigenvalue weighted by molar-refractivity contribution is 6.76. The highest BCUT2D eigenvalue weighted by Crippen LogP contribution is 2.34. The summed E-state index contributed by atoms with van der Waals surface area (Å²) in [6.45, 7) is 8.32. The lowest BCUT2D eigenvalue weighted by molar-refractivity contribution is -0.0238. The lowest BCUT2D eigenvalue weighted by Crippen LogP contribution is -2.47. The molecule has 0 saturated carbocycles. The highest BCUT2D eigenvalue weighted by atomic mass is 28.3. The van der Waals surface area contributed by atoms with Crippen molar-refractivity contribution in [2.24, 2.45) is 0 Å². The van der Waals surface area contributed by atoms with E-state index < -0.39 is 8.07 Å². The van der Waals surface area contributed by atoms with Crippen LogP contribution < -0.4 is 0 Å². The first-order chi connectivity index (χ1) is 16.7. The predicted molar refractivity (Wildman–Crippen MR) is 139 cm³/mol. The maximum atomic E-state index is 13.5. The summed E-state index contributed by atoms with van der Waals surface area (Å²) in [7, 11) is -1.30. The van der Waals surface area contributed by atoms with Crippen molar-refractivity contribution in [3.8, 4) is 5.75 Å². The summed E-state index contributed by atoms with van der Waals surface area (Å²) in [6.07, 6.45) is 0.0518. The Morgan fingerprint density at radius 3 is 2.57 bits per heavy atom. The van der Waals surface area contributed by atoms with E-state index in [1.807, 2.05) is 36.4 Å². The number of ether oxygens (including phenoxy) is 2. The number of halogens is 1. The van der Waals surface area contributed by atoms with Gasteiger partial charge >= 0.3 is 6.09 Å². The molecular formula is C28H34FNO4Si. The smallest absolute Gasteiger partial charge is 0.409 e. The molecule has 1 aliphatic heterocycles. The van der Waals surface area contributed by atoms with Crippen LogP contribution in [0.2, 0.25) is 25.7 Å². The second-order valence-electron chi connectivity index (χ2n) is 10.5. The fourth-order valence-corrected chi connectivity index (χ4v) is 5.21. The lowest BCUT2D eigenvalue weighted by atomic mass is 9.87. The van der Waals surface area contributed by atoms with Crippen molar-refractivity contribution in [1.29, 1.82) is 0 Å². The minimum Gasteiger partial charge on any atom is -0.507 e. The van der Waals surface area contributed by atoms with Gasteiger partial charge < -0.3 is 19.5 Å². The van der Waals surface area contributed by atoms with Crippen LogP contribution in [0.4, 0.5) is 9.18 Å². The largest absolute Gasteiger partial charge is 0.507 e. The second-order valence-corrected chi connectivity index (χ2v) is 16.1. The molecule has 1 fully saturated rings. The van der Waals surface area contributed by atoms with E-state index in [1.165, 1.54) is 12.1 Å². The minimum atomic E-state index is -1.30. The van der Waals surface area contributed by atoms with Gasteiger partial charge in [0, 0.05) is 31.5 Å². The van der Waals surface area contributed by atoms with Gasteiger partial charge in [0.2, 0.25) is 0 Å². The standard InChI is InChI=1S/C28H34FNO4Si/c1-35(2,3)17-16-33-28(32)30-15-14-24(21-10-12-23(29)13-11-21)26(18-30)34-19-22-9-8-20-6-4-5-7-25(20)27(22)31/h4-13,24,26,31H,14-19H2,1-3H3. The number of carbonyl (C=O) groups is 1. The molecule has 1 heterocycles. The molecule has 2 unspecified atom stereocenters. The third kappa shape index (κ3) is 6.41. The number of hydrogen-bond acceptors (Lipinski definition) is 4. The summed E-state index contributed by atoms with van der Waals surface area (Å²) >= 11 is 0. The van der Waals surface area contributed by atoms with Gasteiger partial charge in [-0.3, -0.25) is 0 Å². The van der Waals surface area contributed by atoms with Crippen LogP contribution in [0.15, 0.2) is 60.7 Å². The van der Waals surface area contributed by atoms with E-state index in [0.717, 1.165) is 22.4 Å². The molecule has 35 heavy (non-hydrogen) atoms. The van der Waals surface area contributed by atoms with Crippen molar-refractivity contribution < 1.29 is 23.8 Å². The third-order valence-electron chi connectivity index (χ3n) is 6.63. The molecule has 0 spiro atoms. The molecule has 1 saturated heterocycles. The van der Waals surface area contributed by atoms with Crippen molar-refractivity contribution in [1.82, 2.24) is 4.90 Å². The van der Waals surface area contributed by atoms with Gasteiger partial charge in [0.1, 0.15) is 11.6 Å². The average molecular weight is 496 g/mol. The van der Waals surface area contributed by atoms with Gasteiger partial charge in [-0.1, -0.05) is 68.2 Å². The Bertz CT molecular complexity index is 1160. The molecule has 7 heteroatoms. The van der Waals surface area contributed by atoms with E-state index in [1.54, 1.807) is 17.0 Å². The van der Waals surface area contributed by atoms with Crippen LogP contribution in [0.1, 0.15) is 23.5 Å². The molecule has 5 nitrogen and oxygen atoms in total. The molecule has 3 aromatic carbocycles. The Kier molecular flexibility index (Phi) is 7.77. The number of carbonyl (C=O) groups excluding carboxylic acids is 1. The summed E-state index contributed by atoms with van der Waals surface area (Å²) < 4.78 is 25.4. The Balaban J connectivity index is 1.49. The number of nitrogens with zero attached hydrogens (tertiary/aromatic N) is 1. The molecule has 3 aromatic rings. The summed E-state index contributed by atoms with van der Waals surface area (Å²) in [6, 6.07) is 18.9. The number of rotatable bonds is 7. The maximum Gasteiger partial charge on any atom is 0.409 e. The van der Waals surface area contributed by atoms with Crippen molar-refractivity contribution in [2.45, 2.75) is 50.7 Å². The van der Waals surface area contributed by atoms with E-state index in [9.17, 15) is 14.3 Å². The van der Waals surface area contributed by atoms with Gasteiger partial charge in [-0.05, 0) is 35.5 Å². The summed E-state index contributed by atoms with van der Waals surface area (Å²) in [5.41, 5.74) is 1.67. The van der Waals surface area contributed by atoms with Gasteiger partial charge in [0.15, 0.2) is 0 Å². The van der Waals surface area contributed by atoms with Crippen LogP contribution in [-0.4, -0.2) is 50.0 Å². The molecular weight excluding hydrogens is 461 g/mol. The van der Waals surface area contributed by atoms with Gasteiger partial charge in [-0.25, -0.2) is 9.18 Å². The zero-order valence-corrected chi connectivity index (χ0v) is 21.7. The van der Waals surface area contributed by atoms with E-state index in [2.05, 4.69) is 19.6 Å². The SMILES string of the molecule is C[Si](C)(C)CCOC(=O)N1CCC(c2ccc(F)cc2)C(OCc2ccc3ccccc3c2O)C1. The van der Waals surface area contributed by atoms with Crippen LogP contribution in [0.25, 0.3) is 10.8 Å². The first kappa shape index (κ1) is 25.2. The van der Waals surface area contributed by atoms with Crippen molar-refractivity contribution >= 4 is 24.9 Å². The number of aromatic hydroxyl groups is 1. The van der Waals surface area contributed by atoms with Crippen LogP contribution in [-0.2, 0) is 16.1 Å². The van der Waals surface area contributed by atoms with Crippen molar-refractivity contribution in [3.05, 3.63) is 77.6 Å². The molecule has 0 aliphatic carbocycles.